The van der Waals surface area contributed by atoms with Crippen LogP contribution in [0.2, 0.25) is 0 Å². The summed E-state index contributed by atoms with van der Waals surface area (Å²) in [6.07, 6.45) is 3.50. The van der Waals surface area contributed by atoms with Crippen molar-refractivity contribution in [1.29, 1.82) is 0 Å². The summed E-state index contributed by atoms with van der Waals surface area (Å²) in [4.78, 5) is 25.0. The van der Waals surface area contributed by atoms with Crippen molar-refractivity contribution >= 4 is 71.6 Å². The van der Waals surface area contributed by atoms with E-state index >= 15 is 0 Å². The number of aryl methyl sites for hydroxylation is 2. The summed E-state index contributed by atoms with van der Waals surface area (Å²) in [5.74, 6) is 0. The highest BCUT2D eigenvalue weighted by Gasteiger charge is 2.22. The molecule has 0 amide bonds. The highest BCUT2D eigenvalue weighted by atomic mass is 32.1. The van der Waals surface area contributed by atoms with E-state index in [9.17, 15) is 0 Å². The summed E-state index contributed by atoms with van der Waals surface area (Å²) < 4.78 is 0. The first-order valence-corrected chi connectivity index (χ1v) is 11.4. The molecule has 0 bridgehead atoms. The van der Waals surface area contributed by atoms with Gasteiger partial charge >= 0.3 is 0 Å². The van der Waals surface area contributed by atoms with Crippen molar-refractivity contribution in [3.8, 4) is 0 Å². The van der Waals surface area contributed by atoms with Gasteiger partial charge in [0.1, 0.15) is 18.5 Å². The van der Waals surface area contributed by atoms with Gasteiger partial charge in [0.15, 0.2) is 26.2 Å². The summed E-state index contributed by atoms with van der Waals surface area (Å²) in [7, 11) is 1.52. The lowest BCUT2D eigenvalue weighted by Gasteiger charge is -2.02. The van der Waals surface area contributed by atoms with Crippen LogP contribution in [-0.4, -0.2) is 32.8 Å². The van der Waals surface area contributed by atoms with E-state index in [0.717, 1.165) is 41.7 Å². The number of thiazole rings is 4. The molecule has 0 saturated carbocycles. The molecule has 8 nitrogen and oxygen atoms in total. The topological polar surface area (TPSA) is 97.2 Å². The van der Waals surface area contributed by atoms with E-state index in [1.807, 2.05) is 24.6 Å². The fourth-order valence-corrected chi connectivity index (χ4v) is 5.19. The predicted molar refractivity (Wildman–Crippen MR) is 117 cm³/mol. The third-order valence-electron chi connectivity index (χ3n) is 3.52. The Morgan fingerprint density at radius 2 is 1.36 bits per heavy atom. The number of rotatable bonds is 7. The van der Waals surface area contributed by atoms with Crippen molar-refractivity contribution in [2.24, 2.45) is 5.16 Å². The smallest absolute Gasteiger partial charge is 0.189 e. The van der Waals surface area contributed by atoms with Gasteiger partial charge in [-0.15, -0.1) is 45.3 Å². The first-order chi connectivity index (χ1) is 13.6. The van der Waals surface area contributed by atoms with Crippen LogP contribution in [0.5, 0.6) is 0 Å². The summed E-state index contributed by atoms with van der Waals surface area (Å²) in [6.45, 7) is 4.00. The standard InChI is InChI=1S/C16H15N7OS4/c1-8-10(19-15(27-8)21-13-17-4-6-25-13)12(23-24-3)11-9(2)28-16(20-11)22-14-18-5-7-26-14/h4-7H,1-3H3,(H,17,19,21)(H,18,20,22). The second kappa shape index (κ2) is 8.31. The number of oxime groups is 1. The highest BCUT2D eigenvalue weighted by molar-refractivity contribution is 7.18. The first-order valence-electron chi connectivity index (χ1n) is 8.04. The Balaban J connectivity index is 1.65. The minimum absolute atomic E-state index is 0.601. The Hall–Kier alpha value is -2.41. The normalized spacial score (nSPS) is 10.7. The quantitative estimate of drug-likeness (QED) is 0.302. The first kappa shape index (κ1) is 18.9. The van der Waals surface area contributed by atoms with E-state index in [4.69, 9.17) is 14.8 Å². The third-order valence-corrected chi connectivity index (χ3v) is 6.67. The molecule has 4 heterocycles. The number of nitrogens with zero attached hydrogens (tertiary/aromatic N) is 5. The van der Waals surface area contributed by atoms with E-state index in [-0.39, 0.29) is 0 Å². The van der Waals surface area contributed by atoms with Crippen LogP contribution in [-0.2, 0) is 4.84 Å². The number of aromatic nitrogens is 4. The molecule has 4 aromatic heterocycles. The summed E-state index contributed by atoms with van der Waals surface area (Å²) >= 11 is 6.12. The molecule has 4 aromatic rings. The lowest BCUT2D eigenvalue weighted by atomic mass is 10.1. The molecule has 0 atom stereocenters. The van der Waals surface area contributed by atoms with Crippen LogP contribution in [0.4, 0.5) is 20.5 Å². The van der Waals surface area contributed by atoms with Gasteiger partial charge in [0.25, 0.3) is 0 Å². The van der Waals surface area contributed by atoms with Gasteiger partial charge in [0.2, 0.25) is 0 Å². The second-order valence-corrected chi connectivity index (χ2v) is 9.59. The molecule has 12 heteroatoms. The molecule has 0 saturated heterocycles. The Bertz CT molecular complexity index is 1000. The lowest BCUT2D eigenvalue weighted by molar-refractivity contribution is 0.213. The Kier molecular flexibility index (Phi) is 5.62. The van der Waals surface area contributed by atoms with E-state index in [2.05, 4.69) is 25.8 Å². The van der Waals surface area contributed by atoms with Crippen molar-refractivity contribution < 1.29 is 4.84 Å². The molecule has 4 rings (SSSR count). The van der Waals surface area contributed by atoms with Gasteiger partial charge in [0.05, 0.1) is 0 Å². The van der Waals surface area contributed by atoms with Crippen LogP contribution < -0.4 is 10.6 Å². The Morgan fingerprint density at radius 3 is 1.75 bits per heavy atom. The molecule has 144 valence electrons. The molecule has 2 N–H and O–H groups in total. The van der Waals surface area contributed by atoms with Gasteiger partial charge in [-0.1, -0.05) is 5.16 Å². The average molecular weight is 450 g/mol. The Labute approximate surface area is 177 Å². The predicted octanol–water partition coefficient (Wildman–Crippen LogP) is 5.02. The zero-order valence-electron chi connectivity index (χ0n) is 15.1. The number of hydrogen-bond donors (Lipinski definition) is 2. The van der Waals surface area contributed by atoms with Crippen molar-refractivity contribution in [2.75, 3.05) is 17.7 Å². The zero-order valence-corrected chi connectivity index (χ0v) is 18.4. The second-order valence-electron chi connectivity index (χ2n) is 5.39. The molecular weight excluding hydrogens is 434 g/mol. The minimum Gasteiger partial charge on any atom is -0.399 e. The van der Waals surface area contributed by atoms with E-state index in [0.29, 0.717) is 5.71 Å². The number of hydrogen-bond acceptors (Lipinski definition) is 12. The molecule has 0 aliphatic heterocycles. The van der Waals surface area contributed by atoms with Crippen molar-refractivity contribution in [3.05, 3.63) is 44.3 Å². The van der Waals surface area contributed by atoms with Crippen molar-refractivity contribution in [2.45, 2.75) is 13.8 Å². The van der Waals surface area contributed by atoms with Crippen LogP contribution in [0.3, 0.4) is 0 Å². The molecule has 0 fully saturated rings. The number of anilines is 4. The SMILES string of the molecule is CON=C(c1nc(Nc2nccs2)sc1C)c1nc(Nc2nccs2)sc1C. The molecular formula is C16H15N7OS4. The van der Waals surface area contributed by atoms with Crippen LogP contribution >= 0.6 is 45.3 Å². The maximum Gasteiger partial charge on any atom is 0.189 e. The van der Waals surface area contributed by atoms with Crippen molar-refractivity contribution in [3.63, 3.8) is 0 Å². The van der Waals surface area contributed by atoms with Crippen LogP contribution in [0.25, 0.3) is 0 Å². The van der Waals surface area contributed by atoms with E-state index in [1.54, 1.807) is 12.4 Å². The van der Waals surface area contributed by atoms with E-state index < -0.39 is 0 Å². The van der Waals surface area contributed by atoms with Gasteiger partial charge in [-0.3, -0.25) is 0 Å². The minimum atomic E-state index is 0.601. The molecule has 28 heavy (non-hydrogen) atoms. The Morgan fingerprint density at radius 1 is 0.857 bits per heavy atom. The van der Waals surface area contributed by atoms with Crippen LogP contribution in [0.1, 0.15) is 21.1 Å². The average Bonchev–Trinajstić information content (AvgIpc) is 3.44. The highest BCUT2D eigenvalue weighted by Crippen LogP contribution is 2.31. The maximum absolute atomic E-state index is 5.11. The summed E-state index contributed by atoms with van der Waals surface area (Å²) in [5.41, 5.74) is 2.07. The summed E-state index contributed by atoms with van der Waals surface area (Å²) in [5, 5.41) is 17.6. The number of nitrogens with one attached hydrogen (secondary N) is 2. The van der Waals surface area contributed by atoms with Gasteiger partial charge in [-0.25, -0.2) is 19.9 Å². The van der Waals surface area contributed by atoms with Gasteiger partial charge in [-0.05, 0) is 13.8 Å². The lowest BCUT2D eigenvalue weighted by Crippen LogP contribution is -2.09. The van der Waals surface area contributed by atoms with E-state index in [1.165, 1.54) is 52.5 Å². The fourth-order valence-electron chi connectivity index (χ4n) is 2.38. The van der Waals surface area contributed by atoms with Crippen LogP contribution in [0, 0.1) is 13.8 Å². The zero-order chi connectivity index (χ0) is 19.5. The molecule has 0 unspecified atom stereocenters. The van der Waals surface area contributed by atoms with Gasteiger partial charge in [-0.2, -0.15) is 0 Å². The largest absolute Gasteiger partial charge is 0.399 e. The molecule has 0 spiro atoms. The molecule has 0 radical (unpaired) electrons. The van der Waals surface area contributed by atoms with Gasteiger partial charge < -0.3 is 15.5 Å². The molecule has 0 aliphatic rings. The fraction of sp³-hybridized carbons (Fsp3) is 0.188. The maximum atomic E-state index is 5.11. The van der Waals surface area contributed by atoms with Crippen molar-refractivity contribution in [1.82, 2.24) is 19.9 Å². The molecule has 0 aromatic carbocycles. The monoisotopic (exact) mass is 449 g/mol. The summed E-state index contributed by atoms with van der Waals surface area (Å²) in [6, 6.07) is 0. The van der Waals surface area contributed by atoms with Gasteiger partial charge in [0, 0.05) is 32.9 Å². The van der Waals surface area contributed by atoms with Crippen LogP contribution in [0.15, 0.2) is 28.3 Å². The third kappa shape index (κ3) is 4.04. The molecule has 0 aliphatic carbocycles.